The van der Waals surface area contributed by atoms with E-state index in [-0.39, 0.29) is 24.2 Å². The van der Waals surface area contributed by atoms with Crippen LogP contribution in [0.15, 0.2) is 36.4 Å². The molecular formula is C29H29N3O9. The van der Waals surface area contributed by atoms with Crippen LogP contribution in [-0.2, 0) is 30.3 Å². The first-order valence-corrected chi connectivity index (χ1v) is 13.0. The molecule has 0 aliphatic heterocycles. The van der Waals surface area contributed by atoms with Crippen LogP contribution >= 0.6 is 0 Å². The summed E-state index contributed by atoms with van der Waals surface area (Å²) in [5, 5.41) is 24.9. The van der Waals surface area contributed by atoms with Gasteiger partial charge in [0.05, 0.1) is 24.6 Å². The molecule has 12 nitrogen and oxygen atoms in total. The van der Waals surface area contributed by atoms with Crippen molar-refractivity contribution in [2.75, 3.05) is 26.5 Å². The van der Waals surface area contributed by atoms with Gasteiger partial charge in [0.2, 0.25) is 5.91 Å². The van der Waals surface area contributed by atoms with Crippen molar-refractivity contribution in [2.24, 2.45) is 29.4 Å². The second-order valence-corrected chi connectivity index (χ2v) is 11.0. The van der Waals surface area contributed by atoms with E-state index in [4.69, 9.17) is 5.73 Å². The normalized spacial score (nSPS) is 29.0. The van der Waals surface area contributed by atoms with E-state index in [1.165, 1.54) is 32.2 Å². The van der Waals surface area contributed by atoms with Crippen molar-refractivity contribution in [1.29, 1.82) is 0 Å². The molecule has 12 heteroatoms. The summed E-state index contributed by atoms with van der Waals surface area (Å²) in [5.74, 6) is -11.0. The topological polar surface area (TPSA) is 193 Å². The molecule has 3 aliphatic rings. The summed E-state index contributed by atoms with van der Waals surface area (Å²) in [4.78, 5) is 79.4. The van der Waals surface area contributed by atoms with Crippen LogP contribution in [0, 0.1) is 23.7 Å². The maximum atomic E-state index is 13.9. The minimum Gasteiger partial charge on any atom is -0.507 e. The summed E-state index contributed by atoms with van der Waals surface area (Å²) in [6, 6.07) is 8.49. The monoisotopic (exact) mass is 563 g/mol. The van der Waals surface area contributed by atoms with Crippen LogP contribution in [0.25, 0.3) is 11.1 Å². The van der Waals surface area contributed by atoms with Crippen molar-refractivity contribution >= 4 is 40.8 Å². The third-order valence-corrected chi connectivity index (χ3v) is 8.57. The highest BCUT2D eigenvalue weighted by atomic mass is 16.5. The number of nitrogens with zero attached hydrogens (tertiary/aromatic N) is 1. The van der Waals surface area contributed by atoms with E-state index in [1.54, 1.807) is 30.3 Å². The standard InChI is InChI=1S/C29H29N3O9/c1-32(2)22-17-11-13-10-16-15(12-4-6-14(7-5-12)31-28(39)41-3)8-9-18(33)20(16)23(34)19(13)25(36)29(17,40)26(37)21(24(22)35)27(30)38/h4-9,13,17,19,21-22,33,40H,10-11H2,1-3H3,(H2,30,38)(H,31,39)/t13-,17-,19?,21?,22-,29-/m1/s1. The van der Waals surface area contributed by atoms with Gasteiger partial charge in [-0.15, -0.1) is 0 Å². The Hall–Kier alpha value is -4.42. The Kier molecular flexibility index (Phi) is 6.79. The minimum absolute atomic E-state index is 0.0407. The first-order chi connectivity index (χ1) is 19.3. The zero-order valence-corrected chi connectivity index (χ0v) is 22.5. The number of methoxy groups -OCH3 is 1. The number of primary amides is 1. The lowest BCUT2D eigenvalue weighted by atomic mass is 9.52. The number of benzene rings is 2. The lowest BCUT2D eigenvalue weighted by Crippen LogP contribution is -2.74. The quantitative estimate of drug-likeness (QED) is 0.385. The first-order valence-electron chi connectivity index (χ1n) is 13.0. The second-order valence-electron chi connectivity index (χ2n) is 11.0. The third-order valence-electron chi connectivity index (χ3n) is 8.57. The largest absolute Gasteiger partial charge is 0.507 e. The van der Waals surface area contributed by atoms with Crippen LogP contribution in [0.4, 0.5) is 10.5 Å². The number of likely N-dealkylation sites (N-methyl/N-ethyl adjacent to an activating group) is 1. The Balaban J connectivity index is 1.59. The number of fused-ring (bicyclic) bond motifs is 3. The number of carbonyl (C=O) groups excluding carboxylic acids is 6. The number of carbonyl (C=O) groups is 6. The van der Waals surface area contributed by atoms with Crippen LogP contribution in [0.2, 0.25) is 0 Å². The van der Waals surface area contributed by atoms with E-state index >= 15 is 0 Å². The van der Waals surface area contributed by atoms with Gasteiger partial charge in [0.15, 0.2) is 34.7 Å². The molecule has 3 aliphatic carbocycles. The molecule has 2 amide bonds. The van der Waals surface area contributed by atoms with Gasteiger partial charge < -0.3 is 20.7 Å². The predicted octanol–water partition coefficient (Wildman–Crippen LogP) is 0.712. The number of nitrogens with one attached hydrogen (secondary N) is 1. The SMILES string of the molecule is COC(=O)Nc1ccc(-c2ccc(O)c3c2C[C@@H]2C[C@@H]4[C@@H](N(C)C)C(=O)C(C(N)=O)C(=O)[C@]4(O)C(=O)C2C3=O)cc1. The van der Waals surface area contributed by atoms with Crippen LogP contribution in [0.3, 0.4) is 0 Å². The van der Waals surface area contributed by atoms with Crippen molar-refractivity contribution in [3.05, 3.63) is 47.5 Å². The molecule has 5 N–H and O–H groups in total. The number of aromatic hydroxyl groups is 1. The average molecular weight is 564 g/mol. The van der Waals surface area contributed by atoms with Gasteiger partial charge in [-0.2, -0.15) is 0 Å². The molecule has 0 heterocycles. The number of ketones is 4. The fourth-order valence-electron chi connectivity index (χ4n) is 6.78. The molecule has 0 aromatic heterocycles. The number of phenols is 1. The molecule has 2 saturated carbocycles. The third kappa shape index (κ3) is 4.13. The second kappa shape index (κ2) is 9.89. The number of ether oxygens (including phenoxy) is 1. The van der Waals surface area contributed by atoms with Gasteiger partial charge in [-0.3, -0.25) is 34.2 Å². The van der Waals surface area contributed by atoms with E-state index in [9.17, 15) is 39.0 Å². The van der Waals surface area contributed by atoms with Gasteiger partial charge in [-0.05, 0) is 67.7 Å². The summed E-state index contributed by atoms with van der Waals surface area (Å²) in [7, 11) is 4.30. The minimum atomic E-state index is -2.77. The summed E-state index contributed by atoms with van der Waals surface area (Å²) < 4.78 is 4.60. The number of hydrogen-bond acceptors (Lipinski definition) is 10. The van der Waals surface area contributed by atoms with Gasteiger partial charge in [0.1, 0.15) is 5.75 Å². The zero-order chi connectivity index (χ0) is 30.0. The van der Waals surface area contributed by atoms with Gasteiger partial charge in [-0.25, -0.2) is 4.79 Å². The van der Waals surface area contributed by atoms with Gasteiger partial charge in [-0.1, -0.05) is 18.2 Å². The molecule has 2 aromatic rings. The number of rotatable bonds is 4. The maximum Gasteiger partial charge on any atom is 0.411 e. The Morgan fingerprint density at radius 1 is 1.05 bits per heavy atom. The Morgan fingerprint density at radius 2 is 1.71 bits per heavy atom. The highest BCUT2D eigenvalue weighted by molar-refractivity contribution is 6.32. The number of nitrogens with two attached hydrogens (primary N) is 1. The molecule has 2 aromatic carbocycles. The van der Waals surface area contributed by atoms with Crippen molar-refractivity contribution in [3.63, 3.8) is 0 Å². The fourth-order valence-corrected chi connectivity index (χ4v) is 6.78. The van der Waals surface area contributed by atoms with Crippen molar-refractivity contribution in [1.82, 2.24) is 4.90 Å². The van der Waals surface area contributed by atoms with Gasteiger partial charge in [0, 0.05) is 11.6 Å². The Morgan fingerprint density at radius 3 is 2.29 bits per heavy atom. The number of amides is 2. The van der Waals surface area contributed by atoms with E-state index in [0.717, 1.165) is 0 Å². The molecule has 0 bridgehead atoms. The Bertz CT molecular complexity index is 1520. The molecule has 0 radical (unpaired) electrons. The molecule has 2 unspecified atom stereocenters. The predicted molar refractivity (Wildman–Crippen MR) is 143 cm³/mol. The summed E-state index contributed by atoms with van der Waals surface area (Å²) in [6.07, 6.45) is -0.546. The van der Waals surface area contributed by atoms with E-state index in [0.29, 0.717) is 22.4 Å². The van der Waals surface area contributed by atoms with Gasteiger partial charge >= 0.3 is 6.09 Å². The van der Waals surface area contributed by atoms with E-state index in [2.05, 4.69) is 10.1 Å². The fraction of sp³-hybridized carbons (Fsp3) is 0.379. The van der Waals surface area contributed by atoms with E-state index < -0.39 is 70.4 Å². The van der Waals surface area contributed by atoms with Crippen molar-refractivity contribution in [3.8, 4) is 16.9 Å². The van der Waals surface area contributed by atoms with Crippen LogP contribution in [-0.4, -0.2) is 83.1 Å². The van der Waals surface area contributed by atoms with Crippen molar-refractivity contribution in [2.45, 2.75) is 24.5 Å². The highest BCUT2D eigenvalue weighted by Gasteiger charge is 2.69. The molecule has 0 spiro atoms. The maximum absolute atomic E-state index is 13.9. The van der Waals surface area contributed by atoms with Crippen LogP contribution in [0.1, 0.15) is 22.3 Å². The summed E-state index contributed by atoms with van der Waals surface area (Å²) >= 11 is 0. The molecule has 0 saturated heterocycles. The molecule has 214 valence electrons. The number of phenolic OH excluding ortho intramolecular Hbond substituents is 1. The number of aliphatic hydroxyl groups is 1. The van der Waals surface area contributed by atoms with Gasteiger partial charge in [0.25, 0.3) is 0 Å². The average Bonchev–Trinajstić information content (AvgIpc) is 2.91. The first kappa shape index (κ1) is 28.1. The molecular weight excluding hydrogens is 534 g/mol. The smallest absolute Gasteiger partial charge is 0.411 e. The van der Waals surface area contributed by atoms with Crippen LogP contribution in [0.5, 0.6) is 5.75 Å². The molecule has 6 atom stereocenters. The number of hydrogen-bond donors (Lipinski definition) is 4. The molecule has 41 heavy (non-hydrogen) atoms. The van der Waals surface area contributed by atoms with Crippen LogP contribution < -0.4 is 11.1 Å². The lowest BCUT2D eigenvalue weighted by Gasteiger charge is -2.52. The Labute approximate surface area is 234 Å². The summed E-state index contributed by atoms with van der Waals surface area (Å²) in [6.45, 7) is 0. The lowest BCUT2D eigenvalue weighted by molar-refractivity contribution is -0.181. The van der Waals surface area contributed by atoms with E-state index in [1.807, 2.05) is 0 Å². The number of anilines is 1. The summed E-state index contributed by atoms with van der Waals surface area (Å²) in [5.41, 5.74) is 4.70. The van der Waals surface area contributed by atoms with Crippen molar-refractivity contribution < 1.29 is 43.7 Å². The molecule has 2 fully saturated rings. The number of Topliss-reactive ketones (excluding diaryl/α,β-unsaturated/α-hetero) is 4. The highest BCUT2D eigenvalue weighted by Crippen LogP contribution is 2.51. The molecule has 5 rings (SSSR count). The zero-order valence-electron chi connectivity index (χ0n) is 22.5.